The summed E-state index contributed by atoms with van der Waals surface area (Å²) in [6.45, 7) is 8.12. The van der Waals surface area contributed by atoms with Crippen LogP contribution in [-0.4, -0.2) is 33.3 Å². The summed E-state index contributed by atoms with van der Waals surface area (Å²) in [4.78, 5) is 14.4. The fourth-order valence-corrected chi connectivity index (χ4v) is 4.04. The molecule has 7 heteroatoms. The van der Waals surface area contributed by atoms with Gasteiger partial charge in [0.25, 0.3) is 0 Å². The molecule has 0 saturated carbocycles. The van der Waals surface area contributed by atoms with Gasteiger partial charge in [0.2, 0.25) is 0 Å². The average Bonchev–Trinajstić information content (AvgIpc) is 3.06. The lowest BCUT2D eigenvalue weighted by molar-refractivity contribution is 0.00578. The van der Waals surface area contributed by atoms with Crippen molar-refractivity contribution in [1.29, 1.82) is 0 Å². The molecular weight excluding hydrogens is 445 g/mol. The van der Waals surface area contributed by atoms with Crippen LogP contribution >= 0.6 is 11.6 Å². The summed E-state index contributed by atoms with van der Waals surface area (Å²) in [7, 11) is -0.536. The molecule has 0 amide bonds. The topological polar surface area (TPSA) is 57.1 Å². The number of aromatic nitrogens is 3. The molecule has 5 rings (SSSR count). The number of rotatable bonds is 4. The summed E-state index contributed by atoms with van der Waals surface area (Å²) >= 11 is 6.55. The average molecular weight is 470 g/mol. The minimum Gasteiger partial charge on any atom is -0.399 e. The Morgan fingerprint density at radius 3 is 1.53 bits per heavy atom. The Morgan fingerprint density at radius 2 is 1.06 bits per heavy atom. The fourth-order valence-electron chi connectivity index (χ4n) is 3.79. The Morgan fingerprint density at radius 1 is 0.618 bits per heavy atom. The van der Waals surface area contributed by atoms with Gasteiger partial charge in [0.15, 0.2) is 17.5 Å². The number of hydrogen-bond donors (Lipinski definition) is 0. The molecule has 0 spiro atoms. The summed E-state index contributed by atoms with van der Waals surface area (Å²) in [6, 6.07) is 25.5. The van der Waals surface area contributed by atoms with Crippen LogP contribution in [0.15, 0.2) is 78.9 Å². The van der Waals surface area contributed by atoms with Crippen LogP contribution in [0, 0.1) is 0 Å². The molecule has 5 nitrogen and oxygen atoms in total. The predicted octanol–water partition coefficient (Wildman–Crippen LogP) is 5.83. The highest BCUT2D eigenvalue weighted by Gasteiger charge is 2.51. The van der Waals surface area contributed by atoms with Crippen molar-refractivity contribution in [2.24, 2.45) is 0 Å². The third-order valence-corrected chi connectivity index (χ3v) is 6.62. The van der Waals surface area contributed by atoms with E-state index < -0.39 is 18.3 Å². The molecule has 2 heterocycles. The lowest BCUT2D eigenvalue weighted by Gasteiger charge is -2.32. The van der Waals surface area contributed by atoms with Crippen molar-refractivity contribution in [3.8, 4) is 34.2 Å². The largest absolute Gasteiger partial charge is 0.494 e. The second-order valence-electron chi connectivity index (χ2n) is 9.40. The first-order chi connectivity index (χ1) is 16.2. The van der Waals surface area contributed by atoms with Gasteiger partial charge >= 0.3 is 7.12 Å². The Balaban J connectivity index is 1.62. The number of nitrogens with zero attached hydrogens (tertiary/aromatic N) is 3. The molecule has 170 valence electrons. The molecule has 0 unspecified atom stereocenters. The zero-order chi connectivity index (χ0) is 23.9. The van der Waals surface area contributed by atoms with E-state index in [2.05, 4.69) is 0 Å². The lowest BCUT2D eigenvalue weighted by atomic mass is 9.78. The van der Waals surface area contributed by atoms with Crippen LogP contribution in [0.25, 0.3) is 34.2 Å². The van der Waals surface area contributed by atoms with Crippen molar-refractivity contribution in [3.05, 3.63) is 83.9 Å². The maximum Gasteiger partial charge on any atom is 0.494 e. The third-order valence-electron chi connectivity index (χ3n) is 6.40. The van der Waals surface area contributed by atoms with Gasteiger partial charge in [0, 0.05) is 21.7 Å². The quantitative estimate of drug-likeness (QED) is 0.352. The van der Waals surface area contributed by atoms with E-state index in [1.165, 1.54) is 0 Å². The molecule has 0 atom stereocenters. The van der Waals surface area contributed by atoms with Gasteiger partial charge in [-0.1, -0.05) is 78.3 Å². The maximum atomic E-state index is 6.55. The van der Waals surface area contributed by atoms with E-state index in [0.29, 0.717) is 22.5 Å². The van der Waals surface area contributed by atoms with Crippen LogP contribution in [0.4, 0.5) is 0 Å². The van der Waals surface area contributed by atoms with Gasteiger partial charge in [0.1, 0.15) is 0 Å². The standard InChI is InChI=1S/C27H25BClN3O2/c1-26(2)27(3,4)34-28(33-26)21-15-20(16-22(29)17-21)25-31-23(18-11-7-5-8-12-18)30-24(32-25)19-13-9-6-10-14-19/h5-17H,1-4H3. The van der Waals surface area contributed by atoms with Gasteiger partial charge in [-0.2, -0.15) is 0 Å². The molecule has 34 heavy (non-hydrogen) atoms. The highest BCUT2D eigenvalue weighted by Crippen LogP contribution is 2.37. The molecule has 1 aliphatic heterocycles. The number of benzene rings is 3. The molecular formula is C27H25BClN3O2. The van der Waals surface area contributed by atoms with E-state index in [-0.39, 0.29) is 0 Å². The van der Waals surface area contributed by atoms with Crippen molar-refractivity contribution in [1.82, 2.24) is 15.0 Å². The van der Waals surface area contributed by atoms with Gasteiger partial charge in [-0.25, -0.2) is 15.0 Å². The number of halogens is 1. The Kier molecular flexibility index (Phi) is 5.76. The van der Waals surface area contributed by atoms with Crippen LogP contribution in [0.5, 0.6) is 0 Å². The second-order valence-corrected chi connectivity index (χ2v) is 9.84. The van der Waals surface area contributed by atoms with Crippen LogP contribution in [0.3, 0.4) is 0 Å². The van der Waals surface area contributed by atoms with E-state index >= 15 is 0 Å². The van der Waals surface area contributed by atoms with E-state index in [1.54, 1.807) is 0 Å². The zero-order valence-corrected chi connectivity index (χ0v) is 20.4. The van der Waals surface area contributed by atoms with Gasteiger partial charge in [-0.15, -0.1) is 0 Å². The van der Waals surface area contributed by atoms with Gasteiger partial charge in [-0.05, 0) is 45.3 Å². The van der Waals surface area contributed by atoms with Crippen LogP contribution < -0.4 is 5.46 Å². The van der Waals surface area contributed by atoms with E-state index in [1.807, 2.05) is 107 Å². The SMILES string of the molecule is CC1(C)OB(c2cc(Cl)cc(-c3nc(-c4ccccc4)nc(-c4ccccc4)n3)c2)OC1(C)C. The smallest absolute Gasteiger partial charge is 0.399 e. The fraction of sp³-hybridized carbons (Fsp3) is 0.222. The number of hydrogen-bond acceptors (Lipinski definition) is 5. The summed E-state index contributed by atoms with van der Waals surface area (Å²) in [5.74, 6) is 1.73. The Bertz CT molecular complexity index is 1260. The van der Waals surface area contributed by atoms with Gasteiger partial charge in [0.05, 0.1) is 11.2 Å². The van der Waals surface area contributed by atoms with Gasteiger partial charge in [-0.3, -0.25) is 0 Å². The second kappa shape index (κ2) is 8.62. The van der Waals surface area contributed by atoms with E-state index in [4.69, 9.17) is 35.9 Å². The first-order valence-corrected chi connectivity index (χ1v) is 11.6. The minimum absolute atomic E-state index is 0.450. The van der Waals surface area contributed by atoms with Crippen molar-refractivity contribution in [3.63, 3.8) is 0 Å². The summed E-state index contributed by atoms with van der Waals surface area (Å²) in [5.41, 5.74) is 2.52. The maximum absolute atomic E-state index is 6.55. The highest BCUT2D eigenvalue weighted by atomic mass is 35.5. The Hall–Kier alpha value is -3.06. The third kappa shape index (κ3) is 4.37. The van der Waals surface area contributed by atoms with E-state index in [9.17, 15) is 0 Å². The minimum atomic E-state index is -0.536. The van der Waals surface area contributed by atoms with Crippen molar-refractivity contribution >= 4 is 24.2 Å². The molecule has 1 saturated heterocycles. The molecule has 0 radical (unpaired) electrons. The van der Waals surface area contributed by atoms with Crippen molar-refractivity contribution in [2.45, 2.75) is 38.9 Å². The summed E-state index contributed by atoms with van der Waals surface area (Å²) < 4.78 is 12.5. The van der Waals surface area contributed by atoms with Gasteiger partial charge < -0.3 is 9.31 Å². The first kappa shape index (κ1) is 22.7. The molecule has 0 N–H and O–H groups in total. The zero-order valence-electron chi connectivity index (χ0n) is 19.6. The summed E-state index contributed by atoms with van der Waals surface area (Å²) in [5, 5.41) is 0.560. The van der Waals surface area contributed by atoms with Crippen molar-refractivity contribution in [2.75, 3.05) is 0 Å². The molecule has 3 aromatic carbocycles. The monoisotopic (exact) mass is 469 g/mol. The molecule has 4 aromatic rings. The van der Waals surface area contributed by atoms with Crippen LogP contribution in [0.2, 0.25) is 5.02 Å². The normalized spacial score (nSPS) is 16.6. The molecule has 1 fully saturated rings. The molecule has 0 aliphatic carbocycles. The van der Waals surface area contributed by atoms with E-state index in [0.717, 1.165) is 22.2 Å². The lowest BCUT2D eigenvalue weighted by Crippen LogP contribution is -2.41. The molecule has 0 bridgehead atoms. The highest BCUT2D eigenvalue weighted by molar-refractivity contribution is 6.62. The van der Waals surface area contributed by atoms with Crippen molar-refractivity contribution < 1.29 is 9.31 Å². The van der Waals surface area contributed by atoms with Crippen LogP contribution in [0.1, 0.15) is 27.7 Å². The Labute approximate surface area is 205 Å². The molecule has 1 aromatic heterocycles. The summed E-state index contributed by atoms with van der Waals surface area (Å²) in [6.07, 6.45) is 0. The predicted molar refractivity (Wildman–Crippen MR) is 137 cm³/mol. The van der Waals surface area contributed by atoms with Crippen LogP contribution in [-0.2, 0) is 9.31 Å². The first-order valence-electron chi connectivity index (χ1n) is 11.3. The molecule has 1 aliphatic rings.